The lowest BCUT2D eigenvalue weighted by Crippen LogP contribution is -2.12. The molecule has 0 saturated carbocycles. The Labute approximate surface area is 353 Å². The molecule has 0 spiro atoms. The van der Waals surface area contributed by atoms with Crippen LogP contribution < -0.4 is 4.90 Å². The lowest BCUT2D eigenvalue weighted by atomic mass is 9.94. The molecule has 0 N–H and O–H groups in total. The Balaban J connectivity index is 1.11. The van der Waals surface area contributed by atoms with Crippen molar-refractivity contribution in [3.05, 3.63) is 231 Å². The molecule has 0 aliphatic rings. The van der Waals surface area contributed by atoms with E-state index in [1.54, 1.807) is 0 Å². The molecule has 10 aromatic carbocycles. The van der Waals surface area contributed by atoms with E-state index in [0.717, 1.165) is 72.5 Å². The maximum atomic E-state index is 6.24. The Morgan fingerprint density at radius 1 is 0.328 bits per heavy atom. The van der Waals surface area contributed by atoms with Crippen molar-refractivity contribution >= 4 is 71.6 Å². The number of hydrogen-bond donors (Lipinski definition) is 0. The molecule has 2 heterocycles. The zero-order chi connectivity index (χ0) is 40.3. The molecule has 12 rings (SSSR count). The zero-order valence-electron chi connectivity index (χ0n) is 33.2. The van der Waals surface area contributed by atoms with Gasteiger partial charge in [0.1, 0.15) is 11.2 Å². The molecule has 0 saturated heterocycles. The summed E-state index contributed by atoms with van der Waals surface area (Å²) in [5.74, 6) is 0. The molecule has 0 aliphatic heterocycles. The van der Waals surface area contributed by atoms with Gasteiger partial charge in [0.25, 0.3) is 0 Å². The van der Waals surface area contributed by atoms with E-state index in [2.05, 4.69) is 228 Å². The van der Waals surface area contributed by atoms with Crippen molar-refractivity contribution in [2.75, 3.05) is 4.90 Å². The van der Waals surface area contributed by atoms with Crippen LogP contribution in [0, 0.1) is 0 Å². The Kier molecular flexibility index (Phi) is 8.17. The van der Waals surface area contributed by atoms with Gasteiger partial charge in [-0.05, 0) is 105 Å². The lowest BCUT2D eigenvalue weighted by molar-refractivity contribution is 0.669. The smallest absolute Gasteiger partial charge is 0.135 e. The van der Waals surface area contributed by atoms with Crippen LogP contribution in [0.1, 0.15) is 0 Å². The van der Waals surface area contributed by atoms with Gasteiger partial charge in [-0.2, -0.15) is 0 Å². The molecular formula is C58H38N2O. The predicted molar refractivity (Wildman–Crippen MR) is 257 cm³/mol. The van der Waals surface area contributed by atoms with Crippen LogP contribution in [0.15, 0.2) is 235 Å². The fraction of sp³-hybridized carbons (Fsp3) is 0. The molecule has 2 aromatic heterocycles. The third-order valence-electron chi connectivity index (χ3n) is 12.2. The second kappa shape index (κ2) is 14.3. The van der Waals surface area contributed by atoms with Gasteiger partial charge in [0.15, 0.2) is 0 Å². The highest BCUT2D eigenvalue weighted by molar-refractivity contribution is 6.10. The summed E-state index contributed by atoms with van der Waals surface area (Å²) in [5, 5.41) is 7.17. The van der Waals surface area contributed by atoms with Crippen LogP contribution in [0.25, 0.3) is 93.6 Å². The summed E-state index contributed by atoms with van der Waals surface area (Å²) >= 11 is 0. The molecular weight excluding hydrogens is 741 g/mol. The number of fused-ring (bicyclic) bond motifs is 7. The van der Waals surface area contributed by atoms with Crippen molar-refractivity contribution in [2.24, 2.45) is 0 Å². The van der Waals surface area contributed by atoms with Crippen LogP contribution in [-0.2, 0) is 0 Å². The number of rotatable bonds is 7. The Hall–Kier alpha value is -8.14. The molecule has 61 heavy (non-hydrogen) atoms. The van der Waals surface area contributed by atoms with Crippen molar-refractivity contribution in [3.63, 3.8) is 0 Å². The van der Waals surface area contributed by atoms with Gasteiger partial charge in [0.05, 0.1) is 16.7 Å². The first-order chi connectivity index (χ1) is 30.2. The first-order valence-electron chi connectivity index (χ1n) is 20.8. The van der Waals surface area contributed by atoms with E-state index in [9.17, 15) is 0 Å². The van der Waals surface area contributed by atoms with E-state index >= 15 is 0 Å². The number of hydrogen-bond acceptors (Lipinski definition) is 2. The number of nitrogens with zero attached hydrogens (tertiary/aromatic N) is 2. The van der Waals surface area contributed by atoms with Gasteiger partial charge >= 0.3 is 0 Å². The minimum Gasteiger partial charge on any atom is -0.456 e. The van der Waals surface area contributed by atoms with E-state index in [1.165, 1.54) is 38.1 Å². The summed E-state index contributed by atoms with van der Waals surface area (Å²) in [5.41, 5.74) is 15.4. The molecule has 3 heteroatoms. The molecule has 0 aliphatic carbocycles. The third kappa shape index (κ3) is 5.90. The normalized spacial score (nSPS) is 11.6. The molecule has 0 fully saturated rings. The molecule has 12 aromatic rings. The SMILES string of the molecule is c1ccc(-c2ccc(-c3cccc4ccccc34)cc2N(c2cccc(-c3ccc4oc5ccccc5c4c3)c2)c2cccc(-n3c4ccccc4c4ccccc43)c2)cc1. The number of benzene rings is 10. The molecule has 3 nitrogen and oxygen atoms in total. The number of anilines is 3. The predicted octanol–water partition coefficient (Wildman–Crippen LogP) is 16.3. The highest BCUT2D eigenvalue weighted by Gasteiger charge is 2.21. The minimum absolute atomic E-state index is 0.891. The number of furan rings is 1. The van der Waals surface area contributed by atoms with Crippen LogP contribution in [-0.4, -0.2) is 4.57 Å². The fourth-order valence-electron chi connectivity index (χ4n) is 9.35. The highest BCUT2D eigenvalue weighted by atomic mass is 16.3. The molecule has 0 amide bonds. The quantitative estimate of drug-likeness (QED) is 0.161. The molecule has 0 radical (unpaired) electrons. The summed E-state index contributed by atoms with van der Waals surface area (Å²) < 4.78 is 8.64. The Morgan fingerprint density at radius 2 is 0.918 bits per heavy atom. The molecule has 0 atom stereocenters. The molecule has 0 unspecified atom stereocenters. The molecule has 286 valence electrons. The van der Waals surface area contributed by atoms with E-state index in [1.807, 2.05) is 12.1 Å². The molecule has 0 bridgehead atoms. The highest BCUT2D eigenvalue weighted by Crippen LogP contribution is 2.46. The number of aromatic nitrogens is 1. The summed E-state index contributed by atoms with van der Waals surface area (Å²) in [6.45, 7) is 0. The van der Waals surface area contributed by atoms with Gasteiger partial charge in [-0.15, -0.1) is 0 Å². The van der Waals surface area contributed by atoms with Gasteiger partial charge in [-0.25, -0.2) is 0 Å². The van der Waals surface area contributed by atoms with E-state index in [0.29, 0.717) is 0 Å². The van der Waals surface area contributed by atoms with Gasteiger partial charge in [-0.1, -0.05) is 164 Å². The summed E-state index contributed by atoms with van der Waals surface area (Å²) in [4.78, 5) is 2.45. The van der Waals surface area contributed by atoms with Gasteiger partial charge in [0, 0.05) is 44.2 Å². The van der Waals surface area contributed by atoms with Gasteiger partial charge < -0.3 is 13.9 Å². The second-order valence-electron chi connectivity index (χ2n) is 15.7. The first kappa shape index (κ1) is 34.9. The lowest BCUT2D eigenvalue weighted by Gasteiger charge is -2.29. The Bertz CT molecular complexity index is 3550. The van der Waals surface area contributed by atoms with Gasteiger partial charge in [-0.3, -0.25) is 0 Å². The van der Waals surface area contributed by atoms with E-state index in [4.69, 9.17) is 4.42 Å². The zero-order valence-corrected chi connectivity index (χ0v) is 33.2. The van der Waals surface area contributed by atoms with Crippen molar-refractivity contribution in [1.29, 1.82) is 0 Å². The monoisotopic (exact) mass is 778 g/mol. The van der Waals surface area contributed by atoms with E-state index in [-0.39, 0.29) is 0 Å². The summed E-state index contributed by atoms with van der Waals surface area (Å²) in [6.07, 6.45) is 0. The topological polar surface area (TPSA) is 21.3 Å². The first-order valence-corrected chi connectivity index (χ1v) is 20.8. The van der Waals surface area contributed by atoms with Crippen LogP contribution >= 0.6 is 0 Å². The standard InChI is InChI=1S/C58H38N2O/c1-2-15-40(16-3-1)49-33-31-43(48-27-13-18-39-17-4-5-23-47(39)48)37-56(49)59(44-20-12-19-41(35-44)42-32-34-58-53(36-42)52-26-8-11-30-57(52)61-58)45-21-14-22-46(38-45)60-54-28-9-6-24-50(54)51-25-7-10-29-55(51)60/h1-38H. The largest absolute Gasteiger partial charge is 0.456 e. The van der Waals surface area contributed by atoms with Crippen molar-refractivity contribution < 1.29 is 4.42 Å². The maximum absolute atomic E-state index is 6.24. The van der Waals surface area contributed by atoms with Crippen LogP contribution in [0.3, 0.4) is 0 Å². The van der Waals surface area contributed by atoms with Crippen molar-refractivity contribution in [2.45, 2.75) is 0 Å². The average molecular weight is 779 g/mol. The van der Waals surface area contributed by atoms with Crippen LogP contribution in [0.4, 0.5) is 17.1 Å². The average Bonchev–Trinajstić information content (AvgIpc) is 3.87. The number of para-hydroxylation sites is 3. The summed E-state index contributed by atoms with van der Waals surface area (Å²) in [6, 6.07) is 83.2. The minimum atomic E-state index is 0.891. The van der Waals surface area contributed by atoms with Crippen molar-refractivity contribution in [1.82, 2.24) is 4.57 Å². The Morgan fingerprint density at radius 3 is 1.74 bits per heavy atom. The van der Waals surface area contributed by atoms with Crippen LogP contribution in [0.5, 0.6) is 0 Å². The van der Waals surface area contributed by atoms with E-state index < -0.39 is 0 Å². The second-order valence-corrected chi connectivity index (χ2v) is 15.7. The maximum Gasteiger partial charge on any atom is 0.135 e. The van der Waals surface area contributed by atoms with Gasteiger partial charge in [0.2, 0.25) is 0 Å². The fourth-order valence-corrected chi connectivity index (χ4v) is 9.35. The van der Waals surface area contributed by atoms with Crippen molar-refractivity contribution in [3.8, 4) is 39.1 Å². The van der Waals surface area contributed by atoms with Crippen LogP contribution in [0.2, 0.25) is 0 Å². The third-order valence-corrected chi connectivity index (χ3v) is 12.2. The summed E-state index contributed by atoms with van der Waals surface area (Å²) in [7, 11) is 0.